The molecule has 10 heteroatoms. The zero-order valence-electron chi connectivity index (χ0n) is 17.2. The predicted octanol–water partition coefficient (Wildman–Crippen LogP) is 3.83. The summed E-state index contributed by atoms with van der Waals surface area (Å²) in [6.07, 6.45) is 1.02. The summed E-state index contributed by atoms with van der Waals surface area (Å²) < 4.78 is 40.2. The molecule has 2 aromatic carbocycles. The van der Waals surface area contributed by atoms with Crippen LogP contribution < -0.4 is 16.4 Å². The second-order valence-electron chi connectivity index (χ2n) is 7.79. The Kier molecular flexibility index (Phi) is 7.98. The van der Waals surface area contributed by atoms with E-state index in [1.807, 2.05) is 0 Å². The molecule has 32 heavy (non-hydrogen) atoms. The Morgan fingerprint density at radius 1 is 1.06 bits per heavy atom. The third-order valence-electron chi connectivity index (χ3n) is 5.29. The third-order valence-corrected chi connectivity index (χ3v) is 5.55. The molecule has 0 spiro atoms. The van der Waals surface area contributed by atoms with Crippen molar-refractivity contribution in [2.45, 2.75) is 37.8 Å². The van der Waals surface area contributed by atoms with Crippen molar-refractivity contribution in [2.75, 3.05) is 18.4 Å². The molecule has 1 unspecified atom stereocenters. The second-order valence-corrected chi connectivity index (χ2v) is 8.22. The van der Waals surface area contributed by atoms with Crippen molar-refractivity contribution in [1.29, 1.82) is 0 Å². The molecule has 0 radical (unpaired) electrons. The topological polar surface area (TPSA) is 87.5 Å². The molecule has 0 aromatic heterocycles. The number of likely N-dealkylation sites (tertiary alicyclic amines) is 1. The first-order valence-corrected chi connectivity index (χ1v) is 10.6. The lowest BCUT2D eigenvalue weighted by Gasteiger charge is -2.33. The van der Waals surface area contributed by atoms with Gasteiger partial charge in [0.2, 0.25) is 5.91 Å². The van der Waals surface area contributed by atoms with Gasteiger partial charge in [-0.25, -0.2) is 18.0 Å². The van der Waals surface area contributed by atoms with Gasteiger partial charge in [-0.05, 0) is 55.2 Å². The SMILES string of the molecule is NC(CC(=O)N1CCC(NC(=O)Nc2ccc(Cl)cc2)CC1)Cc1cc(F)c(F)cc1F. The van der Waals surface area contributed by atoms with Gasteiger partial charge >= 0.3 is 6.03 Å². The van der Waals surface area contributed by atoms with Crippen molar-refractivity contribution in [3.8, 4) is 0 Å². The highest BCUT2D eigenvalue weighted by Crippen LogP contribution is 2.18. The number of amides is 3. The van der Waals surface area contributed by atoms with Crippen LogP contribution in [0.25, 0.3) is 0 Å². The van der Waals surface area contributed by atoms with Gasteiger partial charge in [0.05, 0.1) is 0 Å². The van der Waals surface area contributed by atoms with Crippen LogP contribution in [0, 0.1) is 17.5 Å². The maximum absolute atomic E-state index is 13.8. The minimum absolute atomic E-state index is 0.0480. The smallest absolute Gasteiger partial charge is 0.319 e. The standard InChI is InChI=1S/C22H24ClF3N4O2/c23-14-1-3-16(4-2-14)28-22(32)29-17-5-7-30(8-6-17)21(31)11-15(27)9-13-10-19(25)20(26)12-18(13)24/h1-4,10,12,15,17H,5-9,11,27H2,(H2,28,29,32). The molecule has 3 rings (SSSR count). The van der Waals surface area contributed by atoms with Crippen LogP contribution >= 0.6 is 11.6 Å². The average molecular weight is 469 g/mol. The maximum atomic E-state index is 13.8. The summed E-state index contributed by atoms with van der Waals surface area (Å²) in [5.74, 6) is -3.52. The molecular weight excluding hydrogens is 445 g/mol. The van der Waals surface area contributed by atoms with Crippen LogP contribution in [0.15, 0.2) is 36.4 Å². The van der Waals surface area contributed by atoms with Crippen molar-refractivity contribution in [3.63, 3.8) is 0 Å². The van der Waals surface area contributed by atoms with Crippen molar-refractivity contribution in [2.24, 2.45) is 5.73 Å². The molecule has 172 valence electrons. The van der Waals surface area contributed by atoms with Gasteiger partial charge in [0.15, 0.2) is 11.6 Å². The van der Waals surface area contributed by atoms with Gasteiger partial charge in [-0.1, -0.05) is 11.6 Å². The van der Waals surface area contributed by atoms with E-state index in [9.17, 15) is 22.8 Å². The first kappa shape index (κ1) is 23.9. The van der Waals surface area contributed by atoms with Gasteiger partial charge in [-0.3, -0.25) is 4.79 Å². The number of anilines is 1. The number of piperidine rings is 1. The summed E-state index contributed by atoms with van der Waals surface area (Å²) in [5.41, 5.74) is 6.49. The number of hydrogen-bond donors (Lipinski definition) is 3. The summed E-state index contributed by atoms with van der Waals surface area (Å²) >= 11 is 5.82. The first-order valence-electron chi connectivity index (χ1n) is 10.2. The van der Waals surface area contributed by atoms with Crippen LogP contribution in [-0.2, 0) is 11.2 Å². The molecule has 1 heterocycles. The Labute approximate surface area is 188 Å². The number of carbonyl (C=O) groups excluding carboxylic acids is 2. The molecule has 0 saturated carbocycles. The molecule has 4 N–H and O–H groups in total. The number of nitrogens with zero attached hydrogens (tertiary/aromatic N) is 1. The number of benzene rings is 2. The molecule has 3 amide bonds. The van der Waals surface area contributed by atoms with Gasteiger partial charge in [0.25, 0.3) is 0 Å². The summed E-state index contributed by atoms with van der Waals surface area (Å²) in [4.78, 5) is 26.3. The molecule has 1 fully saturated rings. The molecule has 1 saturated heterocycles. The number of carbonyl (C=O) groups is 2. The van der Waals surface area contributed by atoms with Crippen molar-refractivity contribution < 1.29 is 22.8 Å². The molecule has 2 aromatic rings. The zero-order valence-corrected chi connectivity index (χ0v) is 18.0. The summed E-state index contributed by atoms with van der Waals surface area (Å²) in [5, 5.41) is 6.17. The first-order chi connectivity index (χ1) is 15.2. The minimum atomic E-state index is -1.27. The quantitative estimate of drug-likeness (QED) is 0.563. The predicted molar refractivity (Wildman–Crippen MR) is 116 cm³/mol. The van der Waals surface area contributed by atoms with Gasteiger partial charge in [0, 0.05) is 48.4 Å². The highest BCUT2D eigenvalue weighted by atomic mass is 35.5. The van der Waals surface area contributed by atoms with E-state index in [2.05, 4.69) is 10.6 Å². The summed E-state index contributed by atoms with van der Waals surface area (Å²) in [6.45, 7) is 0.883. The molecule has 1 aliphatic heterocycles. The van der Waals surface area contributed by atoms with Gasteiger partial charge in [-0.15, -0.1) is 0 Å². The number of rotatable bonds is 6. The highest BCUT2D eigenvalue weighted by Gasteiger charge is 2.25. The van der Waals surface area contributed by atoms with E-state index < -0.39 is 23.5 Å². The molecule has 1 aliphatic rings. The molecule has 6 nitrogen and oxygen atoms in total. The number of hydrogen-bond acceptors (Lipinski definition) is 3. The Hall–Kier alpha value is -2.78. The lowest BCUT2D eigenvalue weighted by atomic mass is 10.0. The van der Waals surface area contributed by atoms with E-state index in [0.717, 1.165) is 6.07 Å². The van der Waals surface area contributed by atoms with Gasteiger partial charge in [0.1, 0.15) is 5.82 Å². The number of nitrogens with two attached hydrogens (primary N) is 1. The molecule has 0 aliphatic carbocycles. The van der Waals surface area contributed by atoms with Crippen LogP contribution in [0.2, 0.25) is 5.02 Å². The van der Waals surface area contributed by atoms with E-state index in [4.69, 9.17) is 17.3 Å². The van der Waals surface area contributed by atoms with Crippen molar-refractivity contribution in [1.82, 2.24) is 10.2 Å². The van der Waals surface area contributed by atoms with Crippen molar-refractivity contribution in [3.05, 3.63) is 64.4 Å². The van der Waals surface area contributed by atoms with Crippen molar-refractivity contribution >= 4 is 29.2 Å². The van der Waals surface area contributed by atoms with E-state index in [-0.39, 0.29) is 36.4 Å². The molecule has 1 atom stereocenters. The number of halogens is 4. The van der Waals surface area contributed by atoms with Crippen LogP contribution in [0.3, 0.4) is 0 Å². The van der Waals surface area contributed by atoms with Crippen LogP contribution in [0.1, 0.15) is 24.8 Å². The van der Waals surface area contributed by atoms with Crippen LogP contribution in [0.4, 0.5) is 23.7 Å². The third kappa shape index (κ3) is 6.61. The summed E-state index contributed by atoms with van der Waals surface area (Å²) in [7, 11) is 0. The van der Waals surface area contributed by atoms with Crippen LogP contribution in [0.5, 0.6) is 0 Å². The fourth-order valence-corrected chi connectivity index (χ4v) is 3.71. The Balaban J connectivity index is 1.42. The van der Waals surface area contributed by atoms with Gasteiger partial charge < -0.3 is 21.3 Å². The summed E-state index contributed by atoms with van der Waals surface area (Å²) in [6, 6.07) is 6.81. The Morgan fingerprint density at radius 2 is 1.69 bits per heavy atom. The van der Waals surface area contributed by atoms with Gasteiger partial charge in [-0.2, -0.15) is 0 Å². The second kappa shape index (κ2) is 10.7. The highest BCUT2D eigenvalue weighted by molar-refractivity contribution is 6.30. The fourth-order valence-electron chi connectivity index (χ4n) is 3.59. The number of urea groups is 1. The minimum Gasteiger partial charge on any atom is -0.342 e. The monoisotopic (exact) mass is 468 g/mol. The largest absolute Gasteiger partial charge is 0.342 e. The normalized spacial score (nSPS) is 15.3. The van der Waals surface area contributed by atoms with E-state index in [0.29, 0.717) is 42.7 Å². The zero-order chi connectivity index (χ0) is 23.3. The lowest BCUT2D eigenvalue weighted by molar-refractivity contribution is -0.132. The number of nitrogens with one attached hydrogen (secondary N) is 2. The van der Waals surface area contributed by atoms with E-state index in [1.165, 1.54) is 0 Å². The van der Waals surface area contributed by atoms with E-state index >= 15 is 0 Å². The van der Waals surface area contributed by atoms with Crippen LogP contribution in [-0.4, -0.2) is 42.0 Å². The Bertz CT molecular complexity index is 966. The lowest BCUT2D eigenvalue weighted by Crippen LogP contribution is -2.48. The fraction of sp³-hybridized carbons (Fsp3) is 0.364. The molecule has 0 bridgehead atoms. The molecular formula is C22H24ClF3N4O2. The van der Waals surface area contributed by atoms with E-state index in [1.54, 1.807) is 29.2 Å². The Morgan fingerprint density at radius 3 is 2.34 bits per heavy atom. The average Bonchev–Trinajstić information content (AvgIpc) is 2.74. The maximum Gasteiger partial charge on any atom is 0.319 e.